The highest BCUT2D eigenvalue weighted by molar-refractivity contribution is 8.24. The molecule has 0 aliphatic carbocycles. The van der Waals surface area contributed by atoms with Gasteiger partial charge >= 0.3 is 5.20 Å². The van der Waals surface area contributed by atoms with Crippen LogP contribution in [0.3, 0.4) is 0 Å². The summed E-state index contributed by atoms with van der Waals surface area (Å²) in [5, 5.41) is -2.59. The van der Waals surface area contributed by atoms with Gasteiger partial charge in [-0.25, -0.2) is 0 Å². The molecule has 0 aromatic heterocycles. The van der Waals surface area contributed by atoms with E-state index in [4.69, 9.17) is 17.0 Å². The molecule has 16 heavy (non-hydrogen) atoms. The first-order chi connectivity index (χ1) is 7.17. The average molecular weight is 343 g/mol. The molecule has 0 aliphatic heterocycles. The third kappa shape index (κ3) is 8.90. The maximum atomic E-state index is 11.4. The first-order valence-corrected chi connectivity index (χ1v) is 11.1. The Kier molecular flexibility index (Phi) is 7.65. The second-order valence-electron chi connectivity index (χ2n) is 2.57. The van der Waals surface area contributed by atoms with Crippen LogP contribution in [-0.2, 0) is 9.13 Å². The van der Waals surface area contributed by atoms with Crippen LogP contribution in [0, 0.1) is 0 Å². The Morgan fingerprint density at radius 2 is 1.38 bits per heavy atom. The third-order valence-corrected chi connectivity index (χ3v) is 3.92. The predicted molar refractivity (Wildman–Crippen MR) is 73.8 cm³/mol. The van der Waals surface area contributed by atoms with Crippen LogP contribution in [0.4, 0.5) is 0 Å². The van der Waals surface area contributed by atoms with E-state index in [0.29, 0.717) is 5.30 Å². The van der Waals surface area contributed by atoms with E-state index < -0.39 is 11.7 Å². The Labute approximate surface area is 113 Å². The summed E-state index contributed by atoms with van der Waals surface area (Å²) in [5.41, 5.74) is 5.24. The Morgan fingerprint density at radius 1 is 1.00 bits per heavy atom. The van der Waals surface area contributed by atoms with E-state index in [1.165, 1.54) is 0 Å². The molecule has 92 valence electrons. The zero-order chi connectivity index (χ0) is 12.8. The number of benzene rings is 1. The quantitative estimate of drug-likeness (QED) is 0.801. The highest BCUT2D eigenvalue weighted by atomic mass is 36.0. The van der Waals surface area contributed by atoms with Crippen LogP contribution in [0.15, 0.2) is 30.3 Å². The van der Waals surface area contributed by atoms with Crippen LogP contribution in [0.5, 0.6) is 0 Å². The molecular weight excluding hydrogens is 334 g/mol. The monoisotopic (exact) mass is 341 g/mol. The summed E-state index contributed by atoms with van der Waals surface area (Å²) in [6.45, 7) is -2.78. The molecule has 1 aromatic carbocycles. The standard InChI is InChI=1S/C7H9ClNOP.Cl3OP/c8-11(10,6-9)7-4-2-1-3-5-7;1-5(2,3)4/h1-5H,6,9H2;. The Balaban J connectivity index is 0.000000385. The van der Waals surface area contributed by atoms with Crippen LogP contribution in [0.1, 0.15) is 0 Å². The second-order valence-corrected chi connectivity index (χ2v) is 13.0. The fourth-order valence-corrected chi connectivity index (χ4v) is 1.92. The largest absolute Gasteiger partial charge is 0.339 e. The first-order valence-electron chi connectivity index (χ1n) is 3.90. The molecule has 3 nitrogen and oxygen atoms in total. The third-order valence-electron chi connectivity index (χ3n) is 1.38. The first kappa shape index (κ1) is 16.8. The Hall–Kier alpha value is 0.800. The molecule has 1 rings (SSSR count). The summed E-state index contributed by atoms with van der Waals surface area (Å²) in [6.07, 6.45) is 0.0125. The summed E-state index contributed by atoms with van der Waals surface area (Å²) in [5.74, 6) is 0. The number of hydrogen-bond acceptors (Lipinski definition) is 3. The molecule has 0 radical (unpaired) electrons. The maximum absolute atomic E-state index is 11.4. The molecule has 0 bridgehead atoms. The van der Waals surface area contributed by atoms with Crippen LogP contribution in [-0.4, -0.2) is 6.29 Å². The van der Waals surface area contributed by atoms with Gasteiger partial charge in [-0.1, -0.05) is 30.3 Å². The lowest BCUT2D eigenvalue weighted by molar-refractivity contribution is 0.590. The van der Waals surface area contributed by atoms with Crippen molar-refractivity contribution in [1.82, 2.24) is 0 Å². The van der Waals surface area contributed by atoms with Crippen molar-refractivity contribution in [2.75, 3.05) is 6.29 Å². The fourth-order valence-electron chi connectivity index (χ4n) is 0.756. The summed E-state index contributed by atoms with van der Waals surface area (Å²) < 4.78 is 20.9. The molecule has 0 aliphatic rings. The minimum atomic E-state index is -3.22. The van der Waals surface area contributed by atoms with E-state index >= 15 is 0 Å². The van der Waals surface area contributed by atoms with E-state index in [-0.39, 0.29) is 6.29 Å². The lowest BCUT2D eigenvalue weighted by Gasteiger charge is -2.05. The van der Waals surface area contributed by atoms with Crippen molar-refractivity contribution in [2.24, 2.45) is 5.73 Å². The molecular formula is C7H9Cl4NO2P2. The topological polar surface area (TPSA) is 60.2 Å². The van der Waals surface area contributed by atoms with Gasteiger partial charge in [0.15, 0.2) is 0 Å². The highest BCUT2D eigenvalue weighted by Gasteiger charge is 2.17. The molecule has 0 spiro atoms. The lowest BCUT2D eigenvalue weighted by atomic mass is 10.4. The van der Waals surface area contributed by atoms with Gasteiger partial charge in [0.05, 0.1) is 6.29 Å². The van der Waals surface area contributed by atoms with Gasteiger partial charge in [0.25, 0.3) is 0 Å². The normalized spacial score (nSPS) is 14.6. The van der Waals surface area contributed by atoms with Gasteiger partial charge in [0.2, 0.25) is 6.49 Å². The van der Waals surface area contributed by atoms with Crippen LogP contribution < -0.4 is 11.0 Å². The summed E-state index contributed by atoms with van der Waals surface area (Å²) in [7, 11) is 0. The summed E-state index contributed by atoms with van der Waals surface area (Å²) in [6, 6.07) is 8.87. The predicted octanol–water partition coefficient (Wildman–Crippen LogP) is 4.56. The minimum Gasteiger partial charge on any atom is -0.323 e. The van der Waals surface area contributed by atoms with E-state index in [2.05, 4.69) is 33.7 Å². The Morgan fingerprint density at radius 3 is 1.69 bits per heavy atom. The maximum Gasteiger partial charge on any atom is 0.339 e. The zero-order valence-corrected chi connectivity index (χ0v) is 12.7. The smallest absolute Gasteiger partial charge is 0.323 e. The molecule has 1 unspecified atom stereocenters. The molecule has 2 N–H and O–H groups in total. The highest BCUT2D eigenvalue weighted by Crippen LogP contribution is 2.61. The summed E-state index contributed by atoms with van der Waals surface area (Å²) in [4.78, 5) is 0. The van der Waals surface area contributed by atoms with Crippen LogP contribution in [0.25, 0.3) is 0 Å². The van der Waals surface area contributed by atoms with E-state index in [1.807, 2.05) is 6.07 Å². The van der Waals surface area contributed by atoms with Crippen molar-refractivity contribution >= 4 is 62.0 Å². The lowest BCUT2D eigenvalue weighted by Crippen LogP contribution is -2.08. The fraction of sp³-hybridized carbons (Fsp3) is 0.143. The van der Waals surface area contributed by atoms with Gasteiger partial charge in [0.1, 0.15) is 0 Å². The zero-order valence-electron chi connectivity index (χ0n) is 7.89. The van der Waals surface area contributed by atoms with Gasteiger partial charge in [-0.3, -0.25) is 4.57 Å². The van der Waals surface area contributed by atoms with Crippen molar-refractivity contribution in [3.63, 3.8) is 0 Å². The molecule has 0 saturated carbocycles. The van der Waals surface area contributed by atoms with Crippen molar-refractivity contribution < 1.29 is 9.13 Å². The average Bonchev–Trinajstić information content (AvgIpc) is 2.17. The molecule has 1 atom stereocenters. The van der Waals surface area contributed by atoms with E-state index in [9.17, 15) is 9.13 Å². The molecule has 1 aromatic rings. The van der Waals surface area contributed by atoms with Gasteiger partial charge in [-0.15, -0.1) is 0 Å². The van der Waals surface area contributed by atoms with Gasteiger partial charge in [0, 0.05) is 5.30 Å². The number of halogens is 4. The SMILES string of the molecule is NCP(=O)(Cl)c1ccccc1.O=P(Cl)(Cl)Cl. The number of rotatable bonds is 2. The van der Waals surface area contributed by atoms with E-state index in [1.54, 1.807) is 24.3 Å². The molecule has 0 saturated heterocycles. The van der Waals surface area contributed by atoms with Crippen molar-refractivity contribution in [1.29, 1.82) is 0 Å². The molecule has 0 fully saturated rings. The molecule has 0 amide bonds. The van der Waals surface area contributed by atoms with Gasteiger partial charge < -0.3 is 10.3 Å². The van der Waals surface area contributed by atoms with E-state index in [0.717, 1.165) is 0 Å². The number of hydrogen-bond donors (Lipinski definition) is 1. The minimum absolute atomic E-state index is 0.0125. The second kappa shape index (κ2) is 7.28. The number of nitrogens with two attached hydrogens (primary N) is 1. The molecule has 0 heterocycles. The van der Waals surface area contributed by atoms with Crippen molar-refractivity contribution in [3.05, 3.63) is 30.3 Å². The van der Waals surface area contributed by atoms with Gasteiger partial charge in [-0.2, -0.15) is 0 Å². The summed E-state index contributed by atoms with van der Waals surface area (Å²) >= 11 is 19.5. The molecule has 9 heteroatoms. The van der Waals surface area contributed by atoms with Crippen molar-refractivity contribution in [2.45, 2.75) is 0 Å². The van der Waals surface area contributed by atoms with Crippen LogP contribution in [0.2, 0.25) is 0 Å². The Bertz CT molecular complexity index is 400. The van der Waals surface area contributed by atoms with Crippen LogP contribution >= 0.6 is 56.7 Å². The van der Waals surface area contributed by atoms with Crippen molar-refractivity contribution in [3.8, 4) is 0 Å². The van der Waals surface area contributed by atoms with Gasteiger partial charge in [-0.05, 0) is 45.0 Å².